The van der Waals surface area contributed by atoms with Gasteiger partial charge in [-0.05, 0) is 36.4 Å². The average molecular weight is 488 g/mol. The van der Waals surface area contributed by atoms with Gasteiger partial charge in [0.25, 0.3) is 5.91 Å². The third-order valence-electron chi connectivity index (χ3n) is 3.63. The maximum Gasteiger partial charge on any atom is 0.327 e. The summed E-state index contributed by atoms with van der Waals surface area (Å²) in [5, 5.41) is 4.78. The molecular weight excluding hydrogens is 474 g/mol. The molecule has 1 atom stereocenters. The molecule has 1 aromatic heterocycles. The molecule has 0 saturated heterocycles. The van der Waals surface area contributed by atoms with Crippen molar-refractivity contribution in [1.82, 2.24) is 10.3 Å². The Bertz CT molecular complexity index is 1290. The molecule has 2 N–H and O–H groups in total. The van der Waals surface area contributed by atoms with Crippen LogP contribution in [0.2, 0.25) is 5.02 Å². The highest BCUT2D eigenvalue weighted by atomic mass is 35.5. The first-order valence-corrected chi connectivity index (χ1v) is 12.6. The molecule has 0 saturated carbocycles. The molecule has 0 radical (unpaired) electrons. The highest BCUT2D eigenvalue weighted by Gasteiger charge is 2.17. The van der Waals surface area contributed by atoms with Crippen molar-refractivity contribution >= 4 is 71.1 Å². The van der Waals surface area contributed by atoms with Crippen LogP contribution in [-0.4, -0.2) is 42.1 Å². The molecule has 0 aliphatic rings. The summed E-state index contributed by atoms with van der Waals surface area (Å²) in [7, 11) is -3.38. The number of benzene rings is 2. The molecule has 0 fully saturated rings. The number of amides is 3. The van der Waals surface area contributed by atoms with Crippen LogP contribution in [-0.2, 0) is 20.9 Å². The second kappa shape index (κ2) is 8.68. The fourth-order valence-corrected chi connectivity index (χ4v) is 4.55. The van der Waals surface area contributed by atoms with Crippen LogP contribution in [0.5, 0.6) is 5.75 Å². The zero-order valence-corrected chi connectivity index (χ0v) is 18.7. The summed E-state index contributed by atoms with van der Waals surface area (Å²) in [6.07, 6.45) is 2.41. The van der Waals surface area contributed by atoms with Gasteiger partial charge in [-0.3, -0.25) is 15.4 Å². The second-order valence-electron chi connectivity index (χ2n) is 5.96. The third-order valence-corrected chi connectivity index (χ3v) is 6.43. The first-order chi connectivity index (χ1) is 14.0. The van der Waals surface area contributed by atoms with E-state index in [-0.39, 0.29) is 26.4 Å². The number of rotatable bonds is 5. The fourth-order valence-electron chi connectivity index (χ4n) is 2.35. The molecule has 30 heavy (non-hydrogen) atoms. The van der Waals surface area contributed by atoms with Crippen LogP contribution in [0.4, 0.5) is 9.93 Å². The fraction of sp³-hybridized carbons (Fsp3) is 0.118. The summed E-state index contributed by atoms with van der Waals surface area (Å²) in [4.78, 5) is 28.9. The Morgan fingerprint density at radius 1 is 1.20 bits per heavy atom. The van der Waals surface area contributed by atoms with Crippen molar-refractivity contribution in [3.8, 4) is 5.75 Å². The molecular formula is C17H14ClN3O6S3. The molecule has 1 heterocycles. The van der Waals surface area contributed by atoms with Crippen molar-refractivity contribution in [2.24, 2.45) is 0 Å². The van der Waals surface area contributed by atoms with Crippen LogP contribution >= 0.6 is 22.9 Å². The topological polar surface area (TPSA) is 132 Å². The van der Waals surface area contributed by atoms with Crippen LogP contribution in [0, 0.1) is 0 Å². The lowest BCUT2D eigenvalue weighted by molar-refractivity contribution is 0.0967. The number of sulfone groups is 1. The summed E-state index contributed by atoms with van der Waals surface area (Å²) in [6, 6.07) is 7.63. The molecule has 3 aromatic rings. The lowest BCUT2D eigenvalue weighted by atomic mass is 10.2. The van der Waals surface area contributed by atoms with Crippen LogP contribution in [0.1, 0.15) is 10.4 Å². The maximum atomic E-state index is 12.4. The van der Waals surface area contributed by atoms with E-state index in [1.54, 1.807) is 0 Å². The van der Waals surface area contributed by atoms with Gasteiger partial charge in [0.2, 0.25) is 11.1 Å². The molecule has 2 aromatic carbocycles. The van der Waals surface area contributed by atoms with Crippen LogP contribution in [0.3, 0.4) is 0 Å². The summed E-state index contributed by atoms with van der Waals surface area (Å²) < 4.78 is 40.0. The standard InChI is InChI=1S/C17H14ClN3O6S3/c1-29(24)27-9-3-5-12(18)11(7-9)15(22)20-16(23)21-17-19-13-6-4-10(30(2,25)26)8-14(13)28-17/h3-8H,1-2H3,(H2,19,20,21,22,23). The molecule has 3 rings (SSSR count). The minimum atomic E-state index is -3.38. The van der Waals surface area contributed by atoms with Gasteiger partial charge < -0.3 is 4.18 Å². The van der Waals surface area contributed by atoms with Crippen molar-refractivity contribution in [2.75, 3.05) is 17.8 Å². The van der Waals surface area contributed by atoms with Gasteiger partial charge in [0.1, 0.15) is 5.75 Å². The van der Waals surface area contributed by atoms with E-state index in [9.17, 15) is 22.2 Å². The summed E-state index contributed by atoms with van der Waals surface area (Å²) >= 11 is 5.45. The summed E-state index contributed by atoms with van der Waals surface area (Å²) in [5.74, 6) is -0.649. The number of aromatic nitrogens is 1. The average Bonchev–Trinajstić information content (AvgIpc) is 3.03. The van der Waals surface area contributed by atoms with E-state index in [0.717, 1.165) is 17.6 Å². The Labute approximate surface area is 183 Å². The quantitative estimate of drug-likeness (QED) is 0.565. The predicted molar refractivity (Wildman–Crippen MR) is 115 cm³/mol. The van der Waals surface area contributed by atoms with Gasteiger partial charge in [-0.15, -0.1) is 0 Å². The minimum absolute atomic E-state index is 0.0446. The first-order valence-electron chi connectivity index (χ1n) is 8.07. The molecule has 0 spiro atoms. The molecule has 3 amide bonds. The Hall–Kier alpha value is -2.54. The van der Waals surface area contributed by atoms with Crippen LogP contribution in [0.25, 0.3) is 10.2 Å². The molecule has 0 aliphatic heterocycles. The Morgan fingerprint density at radius 2 is 1.93 bits per heavy atom. The molecule has 1 unspecified atom stereocenters. The van der Waals surface area contributed by atoms with Crippen molar-refractivity contribution in [3.05, 3.63) is 47.0 Å². The van der Waals surface area contributed by atoms with Crippen molar-refractivity contribution in [1.29, 1.82) is 0 Å². The number of hydrogen-bond donors (Lipinski definition) is 2. The maximum absolute atomic E-state index is 12.4. The monoisotopic (exact) mass is 487 g/mol. The number of thiazole rings is 1. The van der Waals surface area contributed by atoms with Gasteiger partial charge in [-0.25, -0.2) is 22.4 Å². The Balaban J connectivity index is 1.74. The highest BCUT2D eigenvalue weighted by Crippen LogP contribution is 2.28. The highest BCUT2D eigenvalue weighted by molar-refractivity contribution is 7.90. The van der Waals surface area contributed by atoms with E-state index in [1.807, 2.05) is 0 Å². The minimum Gasteiger partial charge on any atom is -0.401 e. The van der Waals surface area contributed by atoms with Gasteiger partial charge in [0.05, 0.1) is 25.7 Å². The molecule has 0 bridgehead atoms. The Kier molecular flexibility index (Phi) is 6.41. The number of hydrogen-bond acceptors (Lipinski definition) is 8. The number of nitrogens with one attached hydrogen (secondary N) is 2. The zero-order valence-electron chi connectivity index (χ0n) is 15.5. The predicted octanol–water partition coefficient (Wildman–Crippen LogP) is 2.99. The lowest BCUT2D eigenvalue weighted by Crippen LogP contribution is -2.34. The SMILES string of the molecule is CS(=O)Oc1ccc(Cl)c(C(=O)NC(=O)Nc2nc3ccc(S(C)(=O)=O)cc3s2)c1. The molecule has 158 valence electrons. The first kappa shape index (κ1) is 22.2. The van der Waals surface area contributed by atoms with Crippen molar-refractivity contribution in [2.45, 2.75) is 4.90 Å². The zero-order chi connectivity index (χ0) is 22.1. The van der Waals surface area contributed by atoms with E-state index in [1.165, 1.54) is 42.7 Å². The summed E-state index contributed by atoms with van der Waals surface area (Å²) in [6.45, 7) is 0. The number of fused-ring (bicyclic) bond motifs is 1. The number of nitrogens with zero attached hydrogens (tertiary/aromatic N) is 1. The van der Waals surface area contributed by atoms with E-state index in [0.29, 0.717) is 10.2 Å². The number of carbonyl (C=O) groups excluding carboxylic acids is 2. The number of anilines is 1. The van der Waals surface area contributed by atoms with Crippen molar-refractivity contribution in [3.63, 3.8) is 0 Å². The van der Waals surface area contributed by atoms with Gasteiger partial charge in [-0.1, -0.05) is 22.9 Å². The normalized spacial score (nSPS) is 12.4. The van der Waals surface area contributed by atoms with E-state index in [4.69, 9.17) is 15.8 Å². The third kappa shape index (κ3) is 5.33. The van der Waals surface area contributed by atoms with E-state index >= 15 is 0 Å². The van der Waals surface area contributed by atoms with Gasteiger partial charge in [-0.2, -0.15) is 0 Å². The van der Waals surface area contributed by atoms with Crippen LogP contribution < -0.4 is 14.8 Å². The van der Waals surface area contributed by atoms with Gasteiger partial charge >= 0.3 is 6.03 Å². The lowest BCUT2D eigenvalue weighted by Gasteiger charge is -2.08. The van der Waals surface area contributed by atoms with Gasteiger partial charge in [0, 0.05) is 12.5 Å². The smallest absolute Gasteiger partial charge is 0.327 e. The molecule has 13 heteroatoms. The number of urea groups is 1. The summed E-state index contributed by atoms with van der Waals surface area (Å²) in [5.41, 5.74) is 0.450. The molecule has 0 aliphatic carbocycles. The molecule has 9 nitrogen and oxygen atoms in total. The van der Waals surface area contributed by atoms with Crippen LogP contribution in [0.15, 0.2) is 41.3 Å². The van der Waals surface area contributed by atoms with Crippen molar-refractivity contribution < 1.29 is 26.4 Å². The number of halogens is 1. The van der Waals surface area contributed by atoms with Gasteiger partial charge in [0.15, 0.2) is 15.0 Å². The van der Waals surface area contributed by atoms with E-state index < -0.39 is 32.9 Å². The van der Waals surface area contributed by atoms with E-state index in [2.05, 4.69) is 15.6 Å². The second-order valence-corrected chi connectivity index (χ2v) is 10.4. The number of imide groups is 1. The Morgan fingerprint density at radius 3 is 2.60 bits per heavy atom. The number of carbonyl (C=O) groups is 2. The largest absolute Gasteiger partial charge is 0.401 e.